The molecule has 8 nitrogen and oxygen atoms in total. The molecule has 0 spiro atoms. The Kier molecular flexibility index (Phi) is 4.06. The van der Waals surface area contributed by atoms with Gasteiger partial charge >= 0.3 is 0 Å². The number of pyridine rings is 1. The number of rotatable bonds is 3. The van der Waals surface area contributed by atoms with Gasteiger partial charge in [0.2, 0.25) is 0 Å². The van der Waals surface area contributed by atoms with E-state index in [4.69, 9.17) is 0 Å². The number of phenolic OH excluding ortho intramolecular Hbond substituents is 1. The van der Waals surface area contributed by atoms with Gasteiger partial charge in [-0.05, 0) is 19.1 Å². The Hall–Kier alpha value is -3.33. The second-order valence-electron chi connectivity index (χ2n) is 7.35. The average Bonchev–Trinajstić information content (AvgIpc) is 3.23. The Morgan fingerprint density at radius 3 is 2.79 bits per heavy atom. The van der Waals surface area contributed by atoms with Gasteiger partial charge in [-0.15, -0.1) is 0 Å². The molecule has 150 valence electrons. The molecule has 1 aliphatic rings. The summed E-state index contributed by atoms with van der Waals surface area (Å²) in [7, 11) is 1.79. The minimum atomic E-state index is -0.410. The summed E-state index contributed by atoms with van der Waals surface area (Å²) in [6.07, 6.45) is 3.54. The normalized spacial score (nSPS) is 14.8. The van der Waals surface area contributed by atoms with Gasteiger partial charge in [0.15, 0.2) is 23.0 Å². The van der Waals surface area contributed by atoms with Crippen LogP contribution in [0.15, 0.2) is 30.6 Å². The van der Waals surface area contributed by atoms with Crippen molar-refractivity contribution in [2.45, 2.75) is 6.92 Å². The highest BCUT2D eigenvalue weighted by molar-refractivity contribution is 5.98. The molecule has 0 unspecified atom stereocenters. The van der Waals surface area contributed by atoms with Crippen LogP contribution < -0.4 is 15.5 Å². The summed E-state index contributed by atoms with van der Waals surface area (Å²) in [5, 5.41) is 22.7. The lowest BCUT2D eigenvalue weighted by molar-refractivity contribution is 0.473. The van der Waals surface area contributed by atoms with E-state index in [0.717, 1.165) is 42.9 Å². The molecule has 1 aliphatic heterocycles. The number of halogens is 1. The molecule has 1 saturated heterocycles. The smallest absolute Gasteiger partial charge is 0.173 e. The first-order chi connectivity index (χ1) is 14.0. The van der Waals surface area contributed by atoms with Gasteiger partial charge in [0, 0.05) is 57.1 Å². The minimum Gasteiger partial charge on any atom is -0.504 e. The first-order valence-corrected chi connectivity index (χ1v) is 9.57. The zero-order valence-electron chi connectivity index (χ0n) is 16.3. The van der Waals surface area contributed by atoms with E-state index in [1.165, 1.54) is 6.07 Å². The third-order valence-electron chi connectivity index (χ3n) is 5.31. The maximum atomic E-state index is 14.4. The van der Waals surface area contributed by atoms with E-state index in [9.17, 15) is 9.50 Å². The lowest BCUT2D eigenvalue weighted by Crippen LogP contribution is -2.43. The number of benzene rings is 1. The van der Waals surface area contributed by atoms with Crippen LogP contribution in [-0.4, -0.2) is 50.5 Å². The number of hydrogen-bond donors (Lipinski definition) is 3. The first-order valence-electron chi connectivity index (χ1n) is 9.57. The molecule has 3 N–H and O–H groups in total. The third-order valence-corrected chi connectivity index (χ3v) is 5.31. The van der Waals surface area contributed by atoms with E-state index < -0.39 is 5.82 Å². The molecule has 0 bridgehead atoms. The fraction of sp³-hybridized carbons (Fsp3) is 0.300. The highest BCUT2D eigenvalue weighted by atomic mass is 19.1. The molecule has 1 fully saturated rings. The van der Waals surface area contributed by atoms with Crippen molar-refractivity contribution in [2.24, 2.45) is 7.05 Å². The number of nitrogens with one attached hydrogen (secondary N) is 2. The number of aryl methyl sites for hydroxylation is 2. The molecule has 0 aliphatic carbocycles. The third kappa shape index (κ3) is 2.94. The number of fused-ring (bicyclic) bond motifs is 2. The van der Waals surface area contributed by atoms with Gasteiger partial charge in [0.05, 0.1) is 17.1 Å². The van der Waals surface area contributed by atoms with Crippen LogP contribution >= 0.6 is 0 Å². The van der Waals surface area contributed by atoms with Crippen LogP contribution in [0.1, 0.15) is 5.69 Å². The Morgan fingerprint density at radius 2 is 2.00 bits per heavy atom. The van der Waals surface area contributed by atoms with Crippen LogP contribution in [0.4, 0.5) is 21.6 Å². The van der Waals surface area contributed by atoms with Gasteiger partial charge < -0.3 is 25.0 Å². The fourth-order valence-corrected chi connectivity index (χ4v) is 3.98. The minimum absolute atomic E-state index is 0.208. The van der Waals surface area contributed by atoms with Crippen LogP contribution in [0.25, 0.3) is 16.6 Å². The number of imidazole rings is 1. The lowest BCUT2D eigenvalue weighted by Gasteiger charge is -2.30. The Morgan fingerprint density at radius 1 is 1.21 bits per heavy atom. The molecule has 4 heterocycles. The molecule has 1 aromatic carbocycles. The molecule has 0 amide bonds. The summed E-state index contributed by atoms with van der Waals surface area (Å²) in [4.78, 5) is 6.34. The second-order valence-corrected chi connectivity index (χ2v) is 7.35. The average molecular weight is 395 g/mol. The standard InChI is InChI=1S/C20H22FN7O/c1-12-10-28-11-13(9-15(21)20(28)23-12)24-19-14-3-4-16(27-7-5-22-6-8-27)18(29)17(14)26(2)25-19/h3-4,9-11,22,29H,5-8H2,1-2H3,(H,24,25). The highest BCUT2D eigenvalue weighted by Gasteiger charge is 2.20. The summed E-state index contributed by atoms with van der Waals surface area (Å²) in [5.74, 6) is 0.353. The molecule has 0 atom stereocenters. The molecular formula is C20H22FN7O. The van der Waals surface area contributed by atoms with Gasteiger partial charge in [-0.1, -0.05) is 0 Å². The number of phenols is 1. The number of anilines is 3. The van der Waals surface area contributed by atoms with Crippen molar-refractivity contribution in [1.82, 2.24) is 24.5 Å². The van der Waals surface area contributed by atoms with E-state index in [2.05, 4.69) is 25.6 Å². The quantitative estimate of drug-likeness (QED) is 0.495. The Balaban J connectivity index is 1.55. The summed E-state index contributed by atoms with van der Waals surface area (Å²) in [6.45, 7) is 5.27. The van der Waals surface area contributed by atoms with Crippen molar-refractivity contribution in [3.05, 3.63) is 42.1 Å². The van der Waals surface area contributed by atoms with Gasteiger partial charge in [-0.25, -0.2) is 9.37 Å². The predicted molar refractivity (Wildman–Crippen MR) is 111 cm³/mol. The van der Waals surface area contributed by atoms with Crippen LogP contribution in [0.5, 0.6) is 5.75 Å². The number of piperazine rings is 1. The van der Waals surface area contributed by atoms with E-state index in [1.54, 1.807) is 28.5 Å². The van der Waals surface area contributed by atoms with Crippen LogP contribution in [0, 0.1) is 12.7 Å². The number of hydrogen-bond acceptors (Lipinski definition) is 6. The maximum Gasteiger partial charge on any atom is 0.173 e. The zero-order valence-corrected chi connectivity index (χ0v) is 16.3. The van der Waals surface area contributed by atoms with Crippen molar-refractivity contribution in [2.75, 3.05) is 36.4 Å². The highest BCUT2D eigenvalue weighted by Crippen LogP contribution is 2.38. The van der Waals surface area contributed by atoms with Crippen LogP contribution in [0.2, 0.25) is 0 Å². The summed E-state index contributed by atoms with van der Waals surface area (Å²) < 4.78 is 17.7. The SMILES string of the molecule is Cc1cn2cc(Nc3nn(C)c4c(O)c(N5CCNCC5)ccc34)cc(F)c2n1. The lowest BCUT2D eigenvalue weighted by atomic mass is 10.1. The number of aromatic nitrogens is 4. The van der Waals surface area contributed by atoms with E-state index in [-0.39, 0.29) is 11.4 Å². The number of nitrogens with zero attached hydrogens (tertiary/aromatic N) is 5. The van der Waals surface area contributed by atoms with E-state index >= 15 is 0 Å². The molecule has 0 saturated carbocycles. The Labute approximate surface area is 166 Å². The summed E-state index contributed by atoms with van der Waals surface area (Å²) in [6, 6.07) is 5.26. The molecule has 29 heavy (non-hydrogen) atoms. The monoisotopic (exact) mass is 395 g/mol. The van der Waals surface area contributed by atoms with Gasteiger partial charge in [-0.3, -0.25) is 4.68 Å². The van der Waals surface area contributed by atoms with Crippen molar-refractivity contribution in [1.29, 1.82) is 0 Å². The molecule has 9 heteroatoms. The molecule has 0 radical (unpaired) electrons. The molecular weight excluding hydrogens is 373 g/mol. The maximum absolute atomic E-state index is 14.4. The molecule has 3 aromatic heterocycles. The predicted octanol–water partition coefficient (Wildman–Crippen LogP) is 2.53. The van der Waals surface area contributed by atoms with E-state index in [1.807, 2.05) is 19.1 Å². The van der Waals surface area contributed by atoms with E-state index in [0.29, 0.717) is 17.0 Å². The van der Waals surface area contributed by atoms with Crippen molar-refractivity contribution >= 4 is 33.7 Å². The number of aromatic hydroxyl groups is 1. The second kappa shape index (κ2) is 6.63. The van der Waals surface area contributed by atoms with Gasteiger partial charge in [0.1, 0.15) is 5.52 Å². The largest absolute Gasteiger partial charge is 0.504 e. The van der Waals surface area contributed by atoms with Crippen molar-refractivity contribution < 1.29 is 9.50 Å². The molecule has 5 rings (SSSR count). The Bertz CT molecular complexity index is 1220. The van der Waals surface area contributed by atoms with Crippen molar-refractivity contribution in [3.8, 4) is 5.75 Å². The van der Waals surface area contributed by atoms with Crippen molar-refractivity contribution in [3.63, 3.8) is 0 Å². The van der Waals surface area contributed by atoms with Gasteiger partial charge in [-0.2, -0.15) is 5.10 Å². The van der Waals surface area contributed by atoms with Crippen LogP contribution in [-0.2, 0) is 7.05 Å². The topological polar surface area (TPSA) is 82.6 Å². The zero-order chi connectivity index (χ0) is 20.1. The summed E-state index contributed by atoms with van der Waals surface area (Å²) in [5.41, 5.74) is 3.03. The fourth-order valence-electron chi connectivity index (χ4n) is 3.98. The first kappa shape index (κ1) is 17.7. The van der Waals surface area contributed by atoms with Crippen LogP contribution in [0.3, 0.4) is 0 Å². The van der Waals surface area contributed by atoms with Gasteiger partial charge in [0.25, 0.3) is 0 Å². The molecule has 4 aromatic rings. The summed E-state index contributed by atoms with van der Waals surface area (Å²) >= 11 is 0.